The standard InChI is InChI=1S/C11H23N3O2/c1-13-11(15)7-9(8-12)14-5-3-10(16-2)4-6-14/h9-10H,3-8,12H2,1-2H3,(H,13,15). The number of hydrogen-bond donors (Lipinski definition) is 2. The normalized spacial score (nSPS) is 20.7. The van der Waals surface area contributed by atoms with Crippen LogP contribution in [0.2, 0.25) is 0 Å². The highest BCUT2D eigenvalue weighted by Gasteiger charge is 2.25. The second-order valence-electron chi connectivity index (χ2n) is 4.24. The predicted octanol–water partition coefficient (Wildman–Crippen LogP) is -0.439. The van der Waals surface area contributed by atoms with Crippen molar-refractivity contribution in [3.8, 4) is 0 Å². The molecule has 94 valence electrons. The number of piperidine rings is 1. The molecule has 16 heavy (non-hydrogen) atoms. The molecule has 0 aliphatic carbocycles. The molecule has 5 heteroatoms. The molecule has 5 nitrogen and oxygen atoms in total. The van der Waals surface area contributed by atoms with Crippen LogP contribution in [0.3, 0.4) is 0 Å². The van der Waals surface area contributed by atoms with Crippen LogP contribution in [0.5, 0.6) is 0 Å². The van der Waals surface area contributed by atoms with Gasteiger partial charge < -0.3 is 15.8 Å². The highest BCUT2D eigenvalue weighted by molar-refractivity contribution is 5.76. The Morgan fingerprint density at radius 2 is 2.19 bits per heavy atom. The minimum absolute atomic E-state index is 0.0596. The van der Waals surface area contributed by atoms with Gasteiger partial charge >= 0.3 is 0 Å². The van der Waals surface area contributed by atoms with Gasteiger partial charge in [-0.1, -0.05) is 0 Å². The van der Waals surface area contributed by atoms with E-state index in [1.807, 2.05) is 0 Å². The van der Waals surface area contributed by atoms with Crippen molar-refractivity contribution in [3.63, 3.8) is 0 Å². The molecule has 1 rings (SSSR count). The summed E-state index contributed by atoms with van der Waals surface area (Å²) < 4.78 is 5.32. The number of amides is 1. The van der Waals surface area contributed by atoms with E-state index < -0.39 is 0 Å². The Morgan fingerprint density at radius 3 is 2.62 bits per heavy atom. The molecule has 1 amide bonds. The molecule has 1 aliphatic rings. The lowest BCUT2D eigenvalue weighted by Gasteiger charge is -2.36. The van der Waals surface area contributed by atoms with Crippen molar-refractivity contribution < 1.29 is 9.53 Å². The van der Waals surface area contributed by atoms with Gasteiger partial charge in [-0.05, 0) is 12.8 Å². The van der Waals surface area contributed by atoms with E-state index in [-0.39, 0.29) is 11.9 Å². The number of ether oxygens (including phenoxy) is 1. The van der Waals surface area contributed by atoms with Crippen LogP contribution in [-0.2, 0) is 9.53 Å². The third-order valence-corrected chi connectivity index (χ3v) is 3.30. The van der Waals surface area contributed by atoms with E-state index in [9.17, 15) is 4.79 Å². The molecule has 1 heterocycles. The summed E-state index contributed by atoms with van der Waals surface area (Å²) in [6, 6.07) is 0.165. The van der Waals surface area contributed by atoms with Crippen molar-refractivity contribution in [1.29, 1.82) is 0 Å². The number of nitrogens with two attached hydrogens (primary N) is 1. The fraction of sp³-hybridized carbons (Fsp3) is 0.909. The maximum Gasteiger partial charge on any atom is 0.221 e. The maximum absolute atomic E-state index is 11.3. The Balaban J connectivity index is 2.39. The van der Waals surface area contributed by atoms with Crippen molar-refractivity contribution in [1.82, 2.24) is 10.2 Å². The highest BCUT2D eigenvalue weighted by Crippen LogP contribution is 2.16. The molecule has 0 spiro atoms. The zero-order valence-electron chi connectivity index (χ0n) is 10.2. The molecule has 1 saturated heterocycles. The van der Waals surface area contributed by atoms with E-state index in [2.05, 4.69) is 10.2 Å². The minimum Gasteiger partial charge on any atom is -0.381 e. The first-order chi connectivity index (χ1) is 7.71. The topological polar surface area (TPSA) is 67.6 Å². The molecule has 0 bridgehead atoms. The number of carbonyl (C=O) groups excluding carboxylic acids is 1. The van der Waals surface area contributed by atoms with Gasteiger partial charge in [0.1, 0.15) is 0 Å². The summed E-state index contributed by atoms with van der Waals surface area (Å²) in [6.45, 7) is 2.47. The molecular formula is C11H23N3O2. The van der Waals surface area contributed by atoms with E-state index in [1.54, 1.807) is 14.2 Å². The van der Waals surface area contributed by atoms with Gasteiger partial charge in [-0.2, -0.15) is 0 Å². The largest absolute Gasteiger partial charge is 0.381 e. The Bertz CT molecular complexity index is 215. The predicted molar refractivity (Wildman–Crippen MR) is 63.1 cm³/mol. The summed E-state index contributed by atoms with van der Waals surface area (Å²) in [7, 11) is 3.42. The van der Waals surface area contributed by atoms with E-state index in [0.717, 1.165) is 25.9 Å². The van der Waals surface area contributed by atoms with Crippen molar-refractivity contribution >= 4 is 5.91 Å². The first kappa shape index (κ1) is 13.4. The van der Waals surface area contributed by atoms with Gasteiger partial charge in [0, 0.05) is 46.3 Å². The van der Waals surface area contributed by atoms with Crippen LogP contribution < -0.4 is 11.1 Å². The molecule has 1 atom stereocenters. The number of rotatable bonds is 5. The van der Waals surface area contributed by atoms with Crippen molar-refractivity contribution in [2.75, 3.05) is 33.8 Å². The summed E-state index contributed by atoms with van der Waals surface area (Å²) in [6.07, 6.45) is 2.92. The molecule has 3 N–H and O–H groups in total. The van der Waals surface area contributed by atoms with Crippen molar-refractivity contribution in [3.05, 3.63) is 0 Å². The van der Waals surface area contributed by atoms with Crippen LogP contribution in [0, 0.1) is 0 Å². The quantitative estimate of drug-likeness (QED) is 0.671. The zero-order chi connectivity index (χ0) is 12.0. The summed E-state index contributed by atoms with van der Waals surface area (Å²) in [5.74, 6) is 0.0596. The second-order valence-corrected chi connectivity index (χ2v) is 4.24. The van der Waals surface area contributed by atoms with Crippen LogP contribution in [0.1, 0.15) is 19.3 Å². The third kappa shape index (κ3) is 3.73. The number of methoxy groups -OCH3 is 1. The fourth-order valence-corrected chi connectivity index (χ4v) is 2.15. The average molecular weight is 229 g/mol. The van der Waals surface area contributed by atoms with Gasteiger partial charge in [0.15, 0.2) is 0 Å². The average Bonchev–Trinajstić information content (AvgIpc) is 2.35. The van der Waals surface area contributed by atoms with Gasteiger partial charge in [0.25, 0.3) is 0 Å². The highest BCUT2D eigenvalue weighted by atomic mass is 16.5. The molecule has 0 aromatic heterocycles. The molecule has 1 aliphatic heterocycles. The number of nitrogens with one attached hydrogen (secondary N) is 1. The molecule has 0 radical (unpaired) electrons. The SMILES string of the molecule is CNC(=O)CC(CN)N1CCC(OC)CC1. The fourth-order valence-electron chi connectivity index (χ4n) is 2.15. The van der Waals surface area contributed by atoms with E-state index in [1.165, 1.54) is 0 Å². The summed E-state index contributed by atoms with van der Waals surface area (Å²) in [5, 5.41) is 2.64. The zero-order valence-corrected chi connectivity index (χ0v) is 10.2. The lowest BCUT2D eigenvalue weighted by molar-refractivity contribution is -0.122. The number of hydrogen-bond acceptors (Lipinski definition) is 4. The number of likely N-dealkylation sites (tertiary alicyclic amines) is 1. The van der Waals surface area contributed by atoms with Gasteiger partial charge in [-0.15, -0.1) is 0 Å². The van der Waals surface area contributed by atoms with Crippen LogP contribution in [-0.4, -0.2) is 56.7 Å². The number of carbonyl (C=O) groups is 1. The van der Waals surface area contributed by atoms with Crippen molar-refractivity contribution in [2.24, 2.45) is 5.73 Å². The van der Waals surface area contributed by atoms with Gasteiger partial charge in [-0.25, -0.2) is 0 Å². The molecular weight excluding hydrogens is 206 g/mol. The first-order valence-corrected chi connectivity index (χ1v) is 5.88. The molecule has 1 fully saturated rings. The summed E-state index contributed by atoms with van der Waals surface area (Å²) in [4.78, 5) is 13.6. The molecule has 0 saturated carbocycles. The third-order valence-electron chi connectivity index (χ3n) is 3.30. The lowest BCUT2D eigenvalue weighted by atomic mass is 10.0. The monoisotopic (exact) mass is 229 g/mol. The van der Waals surface area contributed by atoms with Crippen LogP contribution in [0.15, 0.2) is 0 Å². The minimum atomic E-state index is 0.0596. The van der Waals surface area contributed by atoms with Crippen molar-refractivity contribution in [2.45, 2.75) is 31.4 Å². The maximum atomic E-state index is 11.3. The van der Waals surface area contributed by atoms with E-state index in [4.69, 9.17) is 10.5 Å². The summed E-state index contributed by atoms with van der Waals surface area (Å²) in [5.41, 5.74) is 5.72. The van der Waals surface area contributed by atoms with Crippen LogP contribution >= 0.6 is 0 Å². The Morgan fingerprint density at radius 1 is 1.56 bits per heavy atom. The Hall–Kier alpha value is -0.650. The second kappa shape index (κ2) is 6.83. The number of nitrogens with zero attached hydrogens (tertiary/aromatic N) is 1. The molecule has 1 unspecified atom stereocenters. The Labute approximate surface area is 97.3 Å². The summed E-state index contributed by atoms with van der Waals surface area (Å²) >= 11 is 0. The van der Waals surface area contributed by atoms with E-state index >= 15 is 0 Å². The lowest BCUT2D eigenvalue weighted by Crippen LogP contribution is -2.48. The van der Waals surface area contributed by atoms with Gasteiger partial charge in [0.05, 0.1) is 6.10 Å². The first-order valence-electron chi connectivity index (χ1n) is 5.88. The molecule has 0 aromatic carbocycles. The van der Waals surface area contributed by atoms with Crippen LogP contribution in [0.25, 0.3) is 0 Å². The smallest absolute Gasteiger partial charge is 0.221 e. The van der Waals surface area contributed by atoms with Crippen LogP contribution in [0.4, 0.5) is 0 Å². The Kier molecular flexibility index (Phi) is 5.73. The molecule has 0 aromatic rings. The van der Waals surface area contributed by atoms with Gasteiger partial charge in [0.2, 0.25) is 5.91 Å². The van der Waals surface area contributed by atoms with Gasteiger partial charge in [-0.3, -0.25) is 9.69 Å². The van der Waals surface area contributed by atoms with E-state index in [0.29, 0.717) is 19.1 Å².